The fourth-order valence-corrected chi connectivity index (χ4v) is 3.81. The molecule has 1 amide bonds. The second kappa shape index (κ2) is 6.43. The second-order valence-corrected chi connectivity index (χ2v) is 7.36. The van der Waals surface area contributed by atoms with Crippen molar-refractivity contribution in [2.24, 2.45) is 5.14 Å². The zero-order chi connectivity index (χ0) is 15.6. The number of ether oxygens (including phenoxy) is 1. The fourth-order valence-electron chi connectivity index (χ4n) is 2.20. The highest BCUT2D eigenvalue weighted by atomic mass is 79.9. The van der Waals surface area contributed by atoms with Gasteiger partial charge in [0.15, 0.2) is 0 Å². The van der Waals surface area contributed by atoms with Crippen LogP contribution in [0.2, 0.25) is 0 Å². The molecule has 0 aromatic heterocycles. The number of amides is 1. The van der Waals surface area contributed by atoms with Gasteiger partial charge in [-0.15, -0.1) is 0 Å². The summed E-state index contributed by atoms with van der Waals surface area (Å²) in [6.07, 6.45) is 1.75. The number of aryl methyl sites for hydroxylation is 1. The molecule has 0 spiro atoms. The van der Waals surface area contributed by atoms with Crippen molar-refractivity contribution in [2.45, 2.75) is 30.7 Å². The Morgan fingerprint density at radius 1 is 1.48 bits per heavy atom. The summed E-state index contributed by atoms with van der Waals surface area (Å²) in [7, 11) is -3.90. The van der Waals surface area contributed by atoms with Crippen molar-refractivity contribution < 1.29 is 17.9 Å². The molecule has 1 heterocycles. The van der Waals surface area contributed by atoms with Gasteiger partial charge < -0.3 is 10.1 Å². The topological polar surface area (TPSA) is 98.5 Å². The van der Waals surface area contributed by atoms with Gasteiger partial charge in [0.25, 0.3) is 5.91 Å². The molecule has 1 saturated heterocycles. The maximum absolute atomic E-state index is 12.2. The van der Waals surface area contributed by atoms with Gasteiger partial charge in [-0.25, -0.2) is 13.6 Å². The predicted molar refractivity (Wildman–Crippen MR) is 81.6 cm³/mol. The number of nitrogens with two attached hydrogens (primary N) is 1. The molecule has 8 heteroatoms. The number of carbonyl (C=O) groups is 1. The van der Waals surface area contributed by atoms with E-state index < -0.39 is 10.0 Å². The Hall–Kier alpha value is -0.960. The summed E-state index contributed by atoms with van der Waals surface area (Å²) in [6, 6.07) is 2.86. The van der Waals surface area contributed by atoms with Crippen molar-refractivity contribution in [3.8, 4) is 0 Å². The Morgan fingerprint density at radius 3 is 2.76 bits per heavy atom. The van der Waals surface area contributed by atoms with E-state index >= 15 is 0 Å². The minimum absolute atomic E-state index is 0.0480. The first-order valence-electron chi connectivity index (χ1n) is 6.50. The van der Waals surface area contributed by atoms with Crippen molar-refractivity contribution >= 4 is 31.9 Å². The number of hydrogen-bond donors (Lipinski definition) is 2. The van der Waals surface area contributed by atoms with Gasteiger partial charge in [0.2, 0.25) is 10.0 Å². The highest BCUT2D eigenvalue weighted by molar-refractivity contribution is 9.10. The highest BCUT2D eigenvalue weighted by Crippen LogP contribution is 2.26. The SMILES string of the molecule is Cc1cc(C(=O)NC2CCCOC2)cc(S(N)(=O)=O)c1Br. The molecule has 1 aromatic rings. The fraction of sp³-hybridized carbons (Fsp3) is 0.462. The van der Waals surface area contributed by atoms with Crippen molar-refractivity contribution in [3.63, 3.8) is 0 Å². The van der Waals surface area contributed by atoms with E-state index in [1.165, 1.54) is 6.07 Å². The lowest BCUT2D eigenvalue weighted by Gasteiger charge is -2.23. The van der Waals surface area contributed by atoms with Crippen LogP contribution in [0, 0.1) is 6.92 Å². The van der Waals surface area contributed by atoms with E-state index in [4.69, 9.17) is 9.88 Å². The smallest absolute Gasteiger partial charge is 0.251 e. The zero-order valence-corrected chi connectivity index (χ0v) is 14.0. The normalized spacial score (nSPS) is 19.3. The van der Waals surface area contributed by atoms with Crippen LogP contribution in [0.5, 0.6) is 0 Å². The number of halogens is 1. The first-order chi connectivity index (χ1) is 9.79. The molecule has 0 saturated carbocycles. The summed E-state index contributed by atoms with van der Waals surface area (Å²) >= 11 is 3.19. The van der Waals surface area contributed by atoms with Crippen molar-refractivity contribution in [1.29, 1.82) is 0 Å². The molecule has 1 aromatic carbocycles. The lowest BCUT2D eigenvalue weighted by Crippen LogP contribution is -2.40. The van der Waals surface area contributed by atoms with Gasteiger partial charge in [-0.1, -0.05) is 0 Å². The summed E-state index contributed by atoms with van der Waals surface area (Å²) in [5.41, 5.74) is 0.900. The summed E-state index contributed by atoms with van der Waals surface area (Å²) < 4.78 is 28.8. The van der Waals surface area contributed by atoms with Gasteiger partial charge in [-0.3, -0.25) is 4.79 Å². The minimum Gasteiger partial charge on any atom is -0.379 e. The number of nitrogens with one attached hydrogen (secondary N) is 1. The molecule has 1 fully saturated rings. The molecular formula is C13H17BrN2O4S. The average molecular weight is 377 g/mol. The van der Waals surface area contributed by atoms with Crippen LogP contribution in [0.1, 0.15) is 28.8 Å². The first kappa shape index (κ1) is 16.4. The van der Waals surface area contributed by atoms with E-state index in [0.717, 1.165) is 12.8 Å². The van der Waals surface area contributed by atoms with Crippen molar-refractivity contribution in [1.82, 2.24) is 5.32 Å². The second-order valence-electron chi connectivity index (χ2n) is 5.04. The quantitative estimate of drug-likeness (QED) is 0.830. The van der Waals surface area contributed by atoms with E-state index in [9.17, 15) is 13.2 Å². The average Bonchev–Trinajstić information content (AvgIpc) is 2.41. The largest absolute Gasteiger partial charge is 0.379 e. The van der Waals surface area contributed by atoms with Crippen LogP contribution in [0.25, 0.3) is 0 Å². The number of sulfonamides is 1. The van der Waals surface area contributed by atoms with Crippen LogP contribution in [-0.4, -0.2) is 33.6 Å². The Bertz CT molecular complexity index is 654. The Morgan fingerprint density at radius 2 is 2.19 bits per heavy atom. The molecular weight excluding hydrogens is 360 g/mol. The summed E-state index contributed by atoms with van der Waals surface area (Å²) in [4.78, 5) is 12.1. The number of benzene rings is 1. The monoisotopic (exact) mass is 376 g/mol. The third-order valence-corrected chi connectivity index (χ3v) is 5.54. The van der Waals surface area contributed by atoms with Gasteiger partial charge in [-0.05, 0) is 53.4 Å². The summed E-state index contributed by atoms with van der Waals surface area (Å²) in [6.45, 7) is 2.89. The molecule has 2 rings (SSSR count). The van der Waals surface area contributed by atoms with Crippen LogP contribution in [0.4, 0.5) is 0 Å². The summed E-state index contributed by atoms with van der Waals surface area (Å²) in [5.74, 6) is -0.328. The Labute approximate surface area is 132 Å². The third kappa shape index (κ3) is 4.03. The van der Waals surface area contributed by atoms with Crippen LogP contribution in [0.15, 0.2) is 21.5 Å². The van der Waals surface area contributed by atoms with E-state index in [-0.39, 0.29) is 22.4 Å². The van der Waals surface area contributed by atoms with Crippen LogP contribution in [0.3, 0.4) is 0 Å². The highest BCUT2D eigenvalue weighted by Gasteiger charge is 2.21. The lowest BCUT2D eigenvalue weighted by molar-refractivity contribution is 0.0624. The van der Waals surface area contributed by atoms with Crippen molar-refractivity contribution in [2.75, 3.05) is 13.2 Å². The lowest BCUT2D eigenvalue weighted by atomic mass is 10.1. The van der Waals surface area contributed by atoms with E-state index in [1.54, 1.807) is 13.0 Å². The van der Waals surface area contributed by atoms with E-state index in [0.29, 0.717) is 23.2 Å². The maximum atomic E-state index is 12.2. The minimum atomic E-state index is -3.90. The summed E-state index contributed by atoms with van der Waals surface area (Å²) in [5, 5.41) is 8.02. The molecule has 1 unspecified atom stereocenters. The van der Waals surface area contributed by atoms with Crippen molar-refractivity contribution in [3.05, 3.63) is 27.7 Å². The predicted octanol–water partition coefficient (Wildman–Crippen LogP) is 1.31. The molecule has 1 atom stereocenters. The third-order valence-electron chi connectivity index (χ3n) is 3.29. The molecule has 0 aliphatic carbocycles. The van der Waals surface area contributed by atoms with Gasteiger partial charge in [0.1, 0.15) is 0 Å². The number of primary sulfonamides is 1. The standard InChI is InChI=1S/C13H17BrN2O4S/c1-8-5-9(6-11(12(8)14)21(15,18)19)13(17)16-10-3-2-4-20-7-10/h5-6,10H,2-4,7H2,1H3,(H,16,17)(H2,15,18,19). The Balaban J connectivity index is 2.27. The van der Waals surface area contributed by atoms with Crippen LogP contribution in [-0.2, 0) is 14.8 Å². The van der Waals surface area contributed by atoms with Gasteiger partial charge in [0, 0.05) is 16.6 Å². The molecule has 116 valence electrons. The molecule has 21 heavy (non-hydrogen) atoms. The maximum Gasteiger partial charge on any atom is 0.251 e. The molecule has 1 aliphatic rings. The zero-order valence-electron chi connectivity index (χ0n) is 11.6. The number of hydrogen-bond acceptors (Lipinski definition) is 4. The van der Waals surface area contributed by atoms with Gasteiger partial charge in [0.05, 0.1) is 17.5 Å². The molecule has 0 radical (unpaired) electrons. The van der Waals surface area contributed by atoms with Crippen LogP contribution < -0.4 is 10.5 Å². The molecule has 1 aliphatic heterocycles. The Kier molecular flexibility index (Phi) is 5.03. The van der Waals surface area contributed by atoms with Gasteiger partial charge >= 0.3 is 0 Å². The molecule has 0 bridgehead atoms. The number of rotatable bonds is 3. The number of carbonyl (C=O) groups excluding carboxylic acids is 1. The molecule has 3 N–H and O–H groups in total. The van der Waals surface area contributed by atoms with Crippen LogP contribution >= 0.6 is 15.9 Å². The first-order valence-corrected chi connectivity index (χ1v) is 8.84. The van der Waals surface area contributed by atoms with E-state index in [1.807, 2.05) is 0 Å². The molecule has 6 nitrogen and oxygen atoms in total. The van der Waals surface area contributed by atoms with E-state index in [2.05, 4.69) is 21.2 Å². The van der Waals surface area contributed by atoms with Gasteiger partial charge in [-0.2, -0.15) is 0 Å².